The van der Waals surface area contributed by atoms with Crippen molar-refractivity contribution in [1.29, 1.82) is 0 Å². The maximum absolute atomic E-state index is 12.6. The molecule has 1 aromatic rings. The quantitative estimate of drug-likeness (QED) is 0.851. The standard InChI is InChI=1S/C17H24N2O4/c1-12-7-15(18-23-12)16(20)19-6-2-5-17(11-19)8-14(10-22-17)21-9-13-3-4-13/h7,13-14H,2-6,8-11H2,1H3/t14-,17-/m0/s1. The van der Waals surface area contributed by atoms with Gasteiger partial charge in [-0.05, 0) is 38.5 Å². The first kappa shape index (κ1) is 15.1. The van der Waals surface area contributed by atoms with Crippen molar-refractivity contribution < 1.29 is 18.8 Å². The van der Waals surface area contributed by atoms with Gasteiger partial charge in [-0.3, -0.25) is 4.79 Å². The SMILES string of the molecule is Cc1cc(C(=O)N2CCC[C@]3(C[C@H](OCC4CC4)CO3)C2)no1. The third kappa shape index (κ3) is 3.28. The summed E-state index contributed by atoms with van der Waals surface area (Å²) in [7, 11) is 0. The molecule has 2 aliphatic heterocycles. The first-order chi connectivity index (χ1) is 11.1. The lowest BCUT2D eigenvalue weighted by Gasteiger charge is -2.39. The fraction of sp³-hybridized carbons (Fsp3) is 0.765. The van der Waals surface area contributed by atoms with E-state index in [4.69, 9.17) is 14.0 Å². The van der Waals surface area contributed by atoms with Crippen molar-refractivity contribution in [3.8, 4) is 0 Å². The lowest BCUT2D eigenvalue weighted by molar-refractivity contribution is -0.0466. The molecule has 0 bridgehead atoms. The van der Waals surface area contributed by atoms with E-state index in [-0.39, 0.29) is 17.6 Å². The second-order valence-electron chi connectivity index (χ2n) is 7.25. The molecule has 3 aliphatic rings. The molecular formula is C17H24N2O4. The van der Waals surface area contributed by atoms with Crippen molar-refractivity contribution in [1.82, 2.24) is 10.1 Å². The zero-order valence-electron chi connectivity index (χ0n) is 13.6. The molecule has 0 N–H and O–H groups in total. The molecule has 126 valence electrons. The molecule has 6 heteroatoms. The number of carbonyl (C=O) groups is 1. The van der Waals surface area contributed by atoms with Gasteiger partial charge < -0.3 is 18.9 Å². The van der Waals surface area contributed by atoms with E-state index < -0.39 is 0 Å². The molecule has 1 aliphatic carbocycles. The van der Waals surface area contributed by atoms with Gasteiger partial charge in [-0.1, -0.05) is 5.16 Å². The molecule has 3 heterocycles. The van der Waals surface area contributed by atoms with Crippen molar-refractivity contribution >= 4 is 5.91 Å². The van der Waals surface area contributed by atoms with Crippen LogP contribution in [0.2, 0.25) is 0 Å². The van der Waals surface area contributed by atoms with E-state index in [9.17, 15) is 4.79 Å². The van der Waals surface area contributed by atoms with Gasteiger partial charge in [0.05, 0.1) is 24.9 Å². The summed E-state index contributed by atoms with van der Waals surface area (Å²) in [5.41, 5.74) is 0.153. The Morgan fingerprint density at radius 3 is 3.13 bits per heavy atom. The summed E-state index contributed by atoms with van der Waals surface area (Å²) in [6.45, 7) is 4.69. The van der Waals surface area contributed by atoms with Gasteiger partial charge >= 0.3 is 0 Å². The van der Waals surface area contributed by atoms with Crippen LogP contribution in [0.3, 0.4) is 0 Å². The highest BCUT2D eigenvalue weighted by Crippen LogP contribution is 2.37. The maximum atomic E-state index is 12.6. The molecule has 1 spiro atoms. The summed E-state index contributed by atoms with van der Waals surface area (Å²) in [5.74, 6) is 1.36. The van der Waals surface area contributed by atoms with E-state index in [0.717, 1.165) is 38.3 Å². The third-order valence-corrected chi connectivity index (χ3v) is 5.11. The zero-order chi connectivity index (χ0) is 15.9. The first-order valence-corrected chi connectivity index (χ1v) is 8.62. The van der Waals surface area contributed by atoms with Crippen molar-refractivity contribution in [3.05, 3.63) is 17.5 Å². The lowest BCUT2D eigenvalue weighted by atomic mass is 9.89. The number of nitrogens with zero attached hydrogens (tertiary/aromatic N) is 2. The highest BCUT2D eigenvalue weighted by atomic mass is 16.6. The number of ether oxygens (including phenoxy) is 2. The fourth-order valence-electron chi connectivity index (χ4n) is 3.65. The minimum absolute atomic E-state index is 0.0631. The Morgan fingerprint density at radius 1 is 1.52 bits per heavy atom. The normalized spacial score (nSPS) is 31.0. The van der Waals surface area contributed by atoms with Gasteiger partial charge in [0.25, 0.3) is 5.91 Å². The monoisotopic (exact) mass is 320 g/mol. The van der Waals surface area contributed by atoms with Crippen LogP contribution in [0.5, 0.6) is 0 Å². The average molecular weight is 320 g/mol. The third-order valence-electron chi connectivity index (χ3n) is 5.11. The molecule has 6 nitrogen and oxygen atoms in total. The van der Waals surface area contributed by atoms with Crippen LogP contribution in [-0.4, -0.2) is 54.0 Å². The van der Waals surface area contributed by atoms with E-state index in [1.165, 1.54) is 12.8 Å². The molecule has 0 radical (unpaired) electrons. The Morgan fingerprint density at radius 2 is 2.39 bits per heavy atom. The Hall–Kier alpha value is -1.40. The molecule has 4 rings (SSSR count). The number of aryl methyl sites for hydroxylation is 1. The summed E-state index contributed by atoms with van der Waals surface area (Å²) in [4.78, 5) is 14.4. The number of likely N-dealkylation sites (tertiary alicyclic amines) is 1. The molecular weight excluding hydrogens is 296 g/mol. The number of hydrogen-bond acceptors (Lipinski definition) is 5. The number of aromatic nitrogens is 1. The molecule has 1 aromatic heterocycles. The smallest absolute Gasteiger partial charge is 0.276 e. The lowest BCUT2D eigenvalue weighted by Crippen LogP contribution is -2.50. The van der Waals surface area contributed by atoms with Crippen LogP contribution in [0.1, 0.15) is 48.4 Å². The largest absolute Gasteiger partial charge is 0.375 e. The molecule has 2 atom stereocenters. The van der Waals surface area contributed by atoms with Gasteiger partial charge in [-0.15, -0.1) is 0 Å². The first-order valence-electron chi connectivity index (χ1n) is 8.62. The van der Waals surface area contributed by atoms with E-state index in [0.29, 0.717) is 24.6 Å². The molecule has 2 saturated heterocycles. The second-order valence-corrected chi connectivity index (χ2v) is 7.25. The van der Waals surface area contributed by atoms with E-state index in [1.54, 1.807) is 13.0 Å². The van der Waals surface area contributed by atoms with Gasteiger partial charge in [0.2, 0.25) is 0 Å². The molecule has 0 aromatic carbocycles. The average Bonchev–Trinajstić information content (AvgIpc) is 3.17. The summed E-state index contributed by atoms with van der Waals surface area (Å²) in [6, 6.07) is 1.70. The van der Waals surface area contributed by atoms with Gasteiger partial charge in [0.1, 0.15) is 5.76 Å². The fourth-order valence-corrected chi connectivity index (χ4v) is 3.65. The summed E-state index contributed by atoms with van der Waals surface area (Å²) >= 11 is 0. The van der Waals surface area contributed by atoms with Crippen molar-refractivity contribution in [2.24, 2.45) is 5.92 Å². The van der Waals surface area contributed by atoms with Crippen LogP contribution in [0.15, 0.2) is 10.6 Å². The van der Waals surface area contributed by atoms with Crippen LogP contribution in [-0.2, 0) is 9.47 Å². The van der Waals surface area contributed by atoms with E-state index in [1.807, 2.05) is 4.90 Å². The second kappa shape index (κ2) is 5.91. The Kier molecular flexibility index (Phi) is 3.89. The van der Waals surface area contributed by atoms with E-state index >= 15 is 0 Å². The number of hydrogen-bond donors (Lipinski definition) is 0. The summed E-state index contributed by atoms with van der Waals surface area (Å²) in [6.07, 6.45) is 5.63. The maximum Gasteiger partial charge on any atom is 0.276 e. The predicted octanol–water partition coefficient (Wildman–Crippen LogP) is 2.17. The van der Waals surface area contributed by atoms with Crippen LogP contribution >= 0.6 is 0 Å². The van der Waals surface area contributed by atoms with Crippen LogP contribution < -0.4 is 0 Å². The minimum atomic E-state index is -0.235. The van der Waals surface area contributed by atoms with Crippen molar-refractivity contribution in [3.63, 3.8) is 0 Å². The molecule has 1 amide bonds. The van der Waals surface area contributed by atoms with Crippen molar-refractivity contribution in [2.75, 3.05) is 26.3 Å². The number of rotatable bonds is 4. The topological polar surface area (TPSA) is 64.8 Å². The van der Waals surface area contributed by atoms with Gasteiger partial charge in [-0.2, -0.15) is 0 Å². The van der Waals surface area contributed by atoms with Gasteiger partial charge in [0.15, 0.2) is 5.69 Å². The molecule has 1 saturated carbocycles. The highest BCUT2D eigenvalue weighted by Gasteiger charge is 2.45. The Labute approximate surface area is 136 Å². The summed E-state index contributed by atoms with van der Waals surface area (Å²) < 4.78 is 17.1. The highest BCUT2D eigenvalue weighted by molar-refractivity contribution is 5.92. The number of piperidine rings is 1. The van der Waals surface area contributed by atoms with Crippen LogP contribution in [0.4, 0.5) is 0 Å². The van der Waals surface area contributed by atoms with E-state index in [2.05, 4.69) is 5.16 Å². The number of amides is 1. The zero-order valence-corrected chi connectivity index (χ0v) is 13.6. The molecule has 0 unspecified atom stereocenters. The van der Waals surface area contributed by atoms with Gasteiger partial charge in [0, 0.05) is 25.6 Å². The van der Waals surface area contributed by atoms with Crippen LogP contribution in [0, 0.1) is 12.8 Å². The Balaban J connectivity index is 1.37. The van der Waals surface area contributed by atoms with Crippen molar-refractivity contribution in [2.45, 2.75) is 50.7 Å². The molecule has 3 fully saturated rings. The van der Waals surface area contributed by atoms with Gasteiger partial charge in [-0.25, -0.2) is 0 Å². The van der Waals surface area contributed by atoms with Crippen LogP contribution in [0.25, 0.3) is 0 Å². The Bertz CT molecular complexity index is 583. The number of carbonyl (C=O) groups excluding carboxylic acids is 1. The minimum Gasteiger partial charge on any atom is -0.375 e. The molecule has 23 heavy (non-hydrogen) atoms. The summed E-state index contributed by atoms with van der Waals surface area (Å²) in [5, 5.41) is 3.84. The predicted molar refractivity (Wildman–Crippen MR) is 82.1 cm³/mol.